The third kappa shape index (κ3) is 4.52. The Balaban J connectivity index is 1.06. The molecule has 1 heterocycles. The van der Waals surface area contributed by atoms with Crippen molar-refractivity contribution in [2.45, 2.75) is 17.8 Å². The first kappa shape index (κ1) is 37.8. The van der Waals surface area contributed by atoms with Crippen molar-refractivity contribution >= 4 is 59.3 Å². The number of aryl methyl sites for hydroxylation is 1. The molecule has 0 unspecified atom stereocenters. The van der Waals surface area contributed by atoms with Crippen LogP contribution in [0.1, 0.15) is 50.1 Å². The molecule has 0 atom stereocenters. The van der Waals surface area contributed by atoms with Crippen LogP contribution in [0.15, 0.2) is 231 Å². The molecule has 0 fully saturated rings. The van der Waals surface area contributed by atoms with Gasteiger partial charge in [0.1, 0.15) is 0 Å². The lowest BCUT2D eigenvalue weighted by Gasteiger charge is -2.33. The predicted molar refractivity (Wildman–Crippen MR) is 289 cm³/mol. The molecule has 0 N–H and O–H groups in total. The van der Waals surface area contributed by atoms with E-state index >= 15 is 0 Å². The van der Waals surface area contributed by atoms with E-state index in [-0.39, 0.29) is 0 Å². The number of fused-ring (bicyclic) bond motifs is 25. The maximum Gasteiger partial charge on any atom is 0.0726 e. The van der Waals surface area contributed by atoms with Gasteiger partial charge in [-0.3, -0.25) is 0 Å². The quantitative estimate of drug-likeness (QED) is 0.171. The molecule has 12 aromatic rings. The van der Waals surface area contributed by atoms with Gasteiger partial charge in [-0.2, -0.15) is 0 Å². The smallest absolute Gasteiger partial charge is 0.0726 e. The van der Waals surface area contributed by atoms with Gasteiger partial charge in [-0.05, 0) is 131 Å². The third-order valence-corrected chi connectivity index (χ3v) is 17.8. The van der Waals surface area contributed by atoms with Crippen LogP contribution in [0.2, 0.25) is 0 Å². The minimum absolute atomic E-state index is 0.477. The second-order valence-electron chi connectivity index (χ2n) is 19.4. The number of rotatable bonds is 3. The van der Waals surface area contributed by atoms with Crippen LogP contribution in [0.4, 0.5) is 17.1 Å². The molecule has 0 bridgehead atoms. The van der Waals surface area contributed by atoms with Gasteiger partial charge >= 0.3 is 0 Å². The molecule has 0 radical (unpaired) electrons. The van der Waals surface area contributed by atoms with E-state index in [9.17, 15) is 0 Å². The summed E-state index contributed by atoms with van der Waals surface area (Å²) in [4.78, 5) is 2.66. The van der Waals surface area contributed by atoms with Crippen molar-refractivity contribution in [3.05, 3.63) is 281 Å². The first-order valence-corrected chi connectivity index (χ1v) is 25.0. The fourth-order valence-corrected chi connectivity index (χ4v) is 15.2. The average Bonchev–Trinajstić information content (AvgIpc) is 4.19. The van der Waals surface area contributed by atoms with E-state index in [0.29, 0.717) is 0 Å². The van der Waals surface area contributed by atoms with Crippen molar-refractivity contribution in [2.75, 3.05) is 4.90 Å². The van der Waals surface area contributed by atoms with Gasteiger partial charge in [0.25, 0.3) is 0 Å². The molecule has 2 heteroatoms. The van der Waals surface area contributed by atoms with Gasteiger partial charge in [0.05, 0.1) is 26.9 Å². The van der Waals surface area contributed by atoms with E-state index in [1.807, 2.05) is 11.3 Å². The van der Waals surface area contributed by atoms with Crippen LogP contribution in [0.5, 0.6) is 0 Å². The summed E-state index contributed by atoms with van der Waals surface area (Å²) in [6.07, 6.45) is 0. The first-order chi connectivity index (χ1) is 34.2. The molecule has 11 aromatic carbocycles. The minimum atomic E-state index is -0.485. The highest BCUT2D eigenvalue weighted by Gasteiger charge is 2.54. The molecule has 1 nitrogen and oxygen atoms in total. The van der Waals surface area contributed by atoms with Crippen molar-refractivity contribution in [3.8, 4) is 44.5 Å². The summed E-state index contributed by atoms with van der Waals surface area (Å²) >= 11 is 1.94. The Morgan fingerprint density at radius 1 is 0.333 bits per heavy atom. The van der Waals surface area contributed by atoms with Crippen LogP contribution in [-0.2, 0) is 10.8 Å². The van der Waals surface area contributed by atoms with E-state index in [1.54, 1.807) is 0 Å². The van der Waals surface area contributed by atoms with Crippen molar-refractivity contribution < 1.29 is 0 Å². The van der Waals surface area contributed by atoms with E-state index in [2.05, 4.69) is 242 Å². The van der Waals surface area contributed by atoms with Crippen molar-refractivity contribution in [2.24, 2.45) is 0 Å². The van der Waals surface area contributed by atoms with Crippen LogP contribution in [0.25, 0.3) is 75.5 Å². The molecule has 1 aromatic heterocycles. The number of thiophene rings is 1. The summed E-state index contributed by atoms with van der Waals surface area (Å²) in [5, 5.41) is 5.16. The standard InChI is InChI=1S/C67H41NS/c1-40-18-16-27-51-62-43-20-3-2-19-41(43)38-61(65(62)69-64(40)51)68(42-36-37-49-48-25-8-14-32-56(48)67(59(49)39-42)54-30-12-6-23-46(54)47-24-7-13-31-55(47)67)60-35-17-34-58-63(60)50-26-9-15-33-57(50)66(58)52-28-10-4-21-44(52)45-22-5-11-29-53(45)66/h2-39H,1H3. The Hall–Kier alpha value is -8.30. The third-order valence-electron chi connectivity index (χ3n) is 16.4. The fourth-order valence-electron chi connectivity index (χ4n) is 13.9. The van der Waals surface area contributed by atoms with Gasteiger partial charge in [0.15, 0.2) is 0 Å². The Morgan fingerprint density at radius 2 is 0.783 bits per heavy atom. The molecular weight excluding hydrogens is 851 g/mol. The van der Waals surface area contributed by atoms with E-state index in [0.717, 1.165) is 5.69 Å². The lowest BCUT2D eigenvalue weighted by molar-refractivity contribution is 0.793. The van der Waals surface area contributed by atoms with Crippen molar-refractivity contribution in [3.63, 3.8) is 0 Å². The largest absolute Gasteiger partial charge is 0.308 e. The zero-order chi connectivity index (χ0) is 45.2. The first-order valence-electron chi connectivity index (χ1n) is 24.2. The van der Waals surface area contributed by atoms with Gasteiger partial charge in [0, 0.05) is 26.7 Å². The number of hydrogen-bond acceptors (Lipinski definition) is 2. The van der Waals surface area contributed by atoms with Crippen LogP contribution in [0, 0.1) is 6.92 Å². The molecule has 0 saturated carbocycles. The Morgan fingerprint density at radius 3 is 1.38 bits per heavy atom. The molecule has 0 amide bonds. The van der Waals surface area contributed by atoms with Gasteiger partial charge in [-0.25, -0.2) is 0 Å². The van der Waals surface area contributed by atoms with E-state index < -0.39 is 10.8 Å². The van der Waals surface area contributed by atoms with Crippen LogP contribution in [0.3, 0.4) is 0 Å². The molecule has 16 rings (SSSR count). The highest BCUT2D eigenvalue weighted by molar-refractivity contribution is 7.26. The monoisotopic (exact) mass is 891 g/mol. The van der Waals surface area contributed by atoms with Gasteiger partial charge < -0.3 is 4.90 Å². The van der Waals surface area contributed by atoms with E-state index in [4.69, 9.17) is 0 Å². The molecule has 69 heavy (non-hydrogen) atoms. The number of anilines is 3. The molecule has 0 saturated heterocycles. The second kappa shape index (κ2) is 13.4. The number of benzene rings is 11. The molecule has 2 spiro atoms. The highest BCUT2D eigenvalue weighted by atomic mass is 32.1. The second-order valence-corrected chi connectivity index (χ2v) is 20.4. The van der Waals surface area contributed by atoms with Crippen LogP contribution in [-0.4, -0.2) is 0 Å². The van der Waals surface area contributed by atoms with Gasteiger partial charge in [0.2, 0.25) is 0 Å². The highest BCUT2D eigenvalue weighted by Crippen LogP contribution is 2.67. The fraction of sp³-hybridized carbons (Fsp3) is 0.0448. The summed E-state index contributed by atoms with van der Waals surface area (Å²) in [5.74, 6) is 0. The van der Waals surface area contributed by atoms with Crippen molar-refractivity contribution in [1.29, 1.82) is 0 Å². The number of nitrogens with zero attached hydrogens (tertiary/aromatic N) is 1. The summed E-state index contributed by atoms with van der Waals surface area (Å²) in [7, 11) is 0. The molecule has 0 aliphatic heterocycles. The zero-order valence-electron chi connectivity index (χ0n) is 37.8. The topological polar surface area (TPSA) is 3.24 Å². The lowest BCUT2D eigenvalue weighted by atomic mass is 9.70. The lowest BCUT2D eigenvalue weighted by Crippen LogP contribution is -2.26. The Kier molecular flexibility index (Phi) is 7.36. The SMILES string of the molecule is Cc1cccc2c1sc1c(N(c3ccc4c(c3)C3(c5ccccc5-c5ccccc53)c3ccccc3-4)c3cccc4c3-c3ccccc3C43c4ccccc4-c4ccccc43)cc3ccccc3c12. The molecule has 320 valence electrons. The summed E-state index contributed by atoms with van der Waals surface area (Å²) in [5.41, 5.74) is 25.1. The van der Waals surface area contributed by atoms with Gasteiger partial charge in [-0.15, -0.1) is 11.3 Å². The molecule has 4 aliphatic rings. The normalized spacial score (nSPS) is 14.4. The predicted octanol–water partition coefficient (Wildman–Crippen LogP) is 17.7. The van der Waals surface area contributed by atoms with E-state index in [1.165, 1.54) is 137 Å². The summed E-state index contributed by atoms with van der Waals surface area (Å²) < 4.78 is 2.64. The Bertz CT molecular complexity index is 4130. The summed E-state index contributed by atoms with van der Waals surface area (Å²) in [6, 6.07) is 87.9. The average molecular weight is 892 g/mol. The van der Waals surface area contributed by atoms with Gasteiger partial charge in [-0.1, -0.05) is 206 Å². The minimum Gasteiger partial charge on any atom is -0.308 e. The summed E-state index contributed by atoms with van der Waals surface area (Å²) in [6.45, 7) is 2.27. The number of hydrogen-bond donors (Lipinski definition) is 0. The maximum atomic E-state index is 2.66. The van der Waals surface area contributed by atoms with Crippen LogP contribution >= 0.6 is 11.3 Å². The maximum absolute atomic E-state index is 2.66. The van der Waals surface area contributed by atoms with Crippen LogP contribution < -0.4 is 4.90 Å². The van der Waals surface area contributed by atoms with Crippen molar-refractivity contribution in [1.82, 2.24) is 0 Å². The zero-order valence-corrected chi connectivity index (χ0v) is 38.6. The molecule has 4 aliphatic carbocycles. The molecular formula is C67H41NS. The Labute approximate surface area is 404 Å².